The minimum atomic E-state index is -1.19. The van der Waals surface area contributed by atoms with Crippen molar-refractivity contribution < 1.29 is 19.1 Å². The first-order valence-electron chi connectivity index (χ1n) is 12.1. The number of rotatable bonds is 6. The average molecular weight is 509 g/mol. The highest BCUT2D eigenvalue weighted by molar-refractivity contribution is 6.30. The highest BCUT2D eigenvalue weighted by Gasteiger charge is 2.48. The van der Waals surface area contributed by atoms with Gasteiger partial charge >= 0.3 is 0 Å². The fraction of sp³-hybridized carbons (Fsp3) is 0.370. The number of methoxy groups -OCH3 is 1. The van der Waals surface area contributed by atoms with E-state index in [9.17, 15) is 14.4 Å². The van der Waals surface area contributed by atoms with E-state index >= 15 is 0 Å². The van der Waals surface area contributed by atoms with E-state index in [0.29, 0.717) is 43.7 Å². The number of amides is 3. The van der Waals surface area contributed by atoms with Crippen molar-refractivity contribution in [1.29, 1.82) is 0 Å². The number of likely N-dealkylation sites (tertiary alicyclic amines) is 1. The first kappa shape index (κ1) is 24.2. The lowest BCUT2D eigenvalue weighted by atomic mass is 9.78. The van der Waals surface area contributed by atoms with Gasteiger partial charge in [0.1, 0.15) is 17.3 Å². The molecule has 4 N–H and O–H groups in total. The molecule has 2 atom stereocenters. The summed E-state index contributed by atoms with van der Waals surface area (Å²) in [5.74, 6) is -0.312. The van der Waals surface area contributed by atoms with E-state index < -0.39 is 17.5 Å². The Morgan fingerprint density at radius 3 is 2.72 bits per heavy atom. The summed E-state index contributed by atoms with van der Waals surface area (Å²) >= 11 is 5.99. The van der Waals surface area contributed by atoms with Crippen LogP contribution in [0.3, 0.4) is 0 Å². The standard InChI is InChI=1S/C27H29ClN4O4/c1-36-22-6-2-4-18-19-15-27(12-11-20(19)30-24(18)22,26(35)32-13-3-5-21(32)25(29)34)31-23(33)14-16-7-9-17(28)10-8-16/h2,4,6-10,21,30H,3,5,11-15H2,1H3,(H2,29,34)(H,31,33)/t21?,27-/m1/s1. The molecule has 1 unspecified atom stereocenters. The summed E-state index contributed by atoms with van der Waals surface area (Å²) in [6, 6.07) is 12.2. The second kappa shape index (κ2) is 9.50. The van der Waals surface area contributed by atoms with Gasteiger partial charge in [0.15, 0.2) is 0 Å². The number of primary amides is 1. The molecular weight excluding hydrogens is 480 g/mol. The van der Waals surface area contributed by atoms with Crippen molar-refractivity contribution in [3.8, 4) is 5.75 Å². The third-order valence-corrected chi connectivity index (χ3v) is 7.65. The number of carbonyl (C=O) groups is 3. The van der Waals surface area contributed by atoms with Crippen LogP contribution in [0.4, 0.5) is 0 Å². The predicted molar refractivity (Wildman–Crippen MR) is 137 cm³/mol. The molecule has 1 aromatic heterocycles. The van der Waals surface area contributed by atoms with Gasteiger partial charge in [-0.1, -0.05) is 35.9 Å². The number of ether oxygens (including phenoxy) is 1. The summed E-state index contributed by atoms with van der Waals surface area (Å²) in [4.78, 5) is 44.5. The lowest BCUT2D eigenvalue weighted by Crippen LogP contribution is -2.64. The molecule has 2 aromatic carbocycles. The number of para-hydroxylation sites is 1. The molecule has 0 saturated carbocycles. The highest BCUT2D eigenvalue weighted by atomic mass is 35.5. The van der Waals surface area contributed by atoms with Gasteiger partial charge in [-0.05, 0) is 55.0 Å². The molecule has 2 heterocycles. The fourth-order valence-corrected chi connectivity index (χ4v) is 5.76. The number of nitrogens with one attached hydrogen (secondary N) is 2. The summed E-state index contributed by atoms with van der Waals surface area (Å²) in [5, 5.41) is 4.64. The summed E-state index contributed by atoms with van der Waals surface area (Å²) < 4.78 is 5.53. The van der Waals surface area contributed by atoms with Crippen molar-refractivity contribution in [3.05, 3.63) is 64.3 Å². The molecule has 3 amide bonds. The zero-order chi connectivity index (χ0) is 25.4. The van der Waals surface area contributed by atoms with E-state index in [0.717, 1.165) is 33.5 Å². The molecular formula is C27H29ClN4O4. The molecule has 36 heavy (non-hydrogen) atoms. The number of nitrogens with two attached hydrogens (primary N) is 1. The average Bonchev–Trinajstić information content (AvgIpc) is 3.50. The van der Waals surface area contributed by atoms with Crippen LogP contribution >= 0.6 is 11.6 Å². The van der Waals surface area contributed by atoms with Gasteiger partial charge in [0, 0.05) is 29.1 Å². The van der Waals surface area contributed by atoms with Gasteiger partial charge in [0.2, 0.25) is 17.7 Å². The molecule has 1 aliphatic heterocycles. The highest BCUT2D eigenvalue weighted by Crippen LogP contribution is 2.38. The van der Waals surface area contributed by atoms with Gasteiger partial charge in [0.25, 0.3) is 0 Å². The van der Waals surface area contributed by atoms with Crippen molar-refractivity contribution in [2.45, 2.75) is 50.1 Å². The molecule has 1 saturated heterocycles. The Balaban J connectivity index is 1.51. The van der Waals surface area contributed by atoms with Crippen LogP contribution < -0.4 is 15.8 Å². The Hall–Kier alpha value is -3.52. The van der Waals surface area contributed by atoms with Crippen LogP contribution in [-0.4, -0.2) is 52.8 Å². The zero-order valence-electron chi connectivity index (χ0n) is 20.1. The number of carbonyl (C=O) groups excluding carboxylic acids is 3. The molecule has 2 aliphatic rings. The number of hydrogen-bond donors (Lipinski definition) is 3. The number of halogens is 1. The van der Waals surface area contributed by atoms with Crippen molar-refractivity contribution in [2.24, 2.45) is 5.73 Å². The second-order valence-corrected chi connectivity index (χ2v) is 10.1. The van der Waals surface area contributed by atoms with E-state index in [-0.39, 0.29) is 18.2 Å². The topological polar surface area (TPSA) is 118 Å². The Morgan fingerprint density at radius 1 is 1.22 bits per heavy atom. The number of aromatic nitrogens is 1. The summed E-state index contributed by atoms with van der Waals surface area (Å²) in [6.07, 6.45) is 2.62. The second-order valence-electron chi connectivity index (χ2n) is 9.63. The molecule has 188 valence electrons. The van der Waals surface area contributed by atoms with Crippen molar-refractivity contribution in [1.82, 2.24) is 15.2 Å². The van der Waals surface area contributed by atoms with Crippen molar-refractivity contribution >= 4 is 40.2 Å². The van der Waals surface area contributed by atoms with Gasteiger partial charge in [0.05, 0.1) is 19.0 Å². The van der Waals surface area contributed by atoms with Gasteiger partial charge in [-0.2, -0.15) is 0 Å². The summed E-state index contributed by atoms with van der Waals surface area (Å²) in [6.45, 7) is 0.440. The van der Waals surface area contributed by atoms with Crippen LogP contribution in [0.5, 0.6) is 5.75 Å². The van der Waals surface area contributed by atoms with Crippen LogP contribution in [0.15, 0.2) is 42.5 Å². The van der Waals surface area contributed by atoms with Gasteiger partial charge in [-0.3, -0.25) is 14.4 Å². The van der Waals surface area contributed by atoms with Gasteiger partial charge in [-0.25, -0.2) is 0 Å². The van der Waals surface area contributed by atoms with Crippen LogP contribution in [0.2, 0.25) is 5.02 Å². The summed E-state index contributed by atoms with van der Waals surface area (Å²) in [5.41, 5.74) is 8.11. The van der Waals surface area contributed by atoms with Crippen LogP contribution in [0, 0.1) is 0 Å². The van der Waals surface area contributed by atoms with Gasteiger partial charge in [-0.15, -0.1) is 0 Å². The maximum atomic E-state index is 14.1. The third kappa shape index (κ3) is 4.30. The number of hydrogen-bond acceptors (Lipinski definition) is 4. The van der Waals surface area contributed by atoms with Crippen molar-refractivity contribution in [3.63, 3.8) is 0 Å². The Labute approximate surface area is 214 Å². The van der Waals surface area contributed by atoms with E-state index in [2.05, 4.69) is 10.3 Å². The van der Waals surface area contributed by atoms with E-state index in [1.54, 1.807) is 36.3 Å². The SMILES string of the molecule is COc1cccc2c3c([nH]c12)CC[C@](NC(=O)Cc1ccc(Cl)cc1)(C(=O)N1CCCC1C(N)=O)C3. The van der Waals surface area contributed by atoms with Gasteiger partial charge < -0.3 is 25.7 Å². The monoisotopic (exact) mass is 508 g/mol. The third-order valence-electron chi connectivity index (χ3n) is 7.40. The maximum Gasteiger partial charge on any atom is 0.249 e. The van der Waals surface area contributed by atoms with E-state index in [1.807, 2.05) is 18.2 Å². The first-order valence-corrected chi connectivity index (χ1v) is 12.5. The molecule has 0 spiro atoms. The smallest absolute Gasteiger partial charge is 0.249 e. The normalized spacial score (nSPS) is 21.3. The molecule has 0 bridgehead atoms. The minimum absolute atomic E-state index is 0.111. The molecule has 8 nitrogen and oxygen atoms in total. The number of benzene rings is 2. The van der Waals surface area contributed by atoms with Crippen LogP contribution in [0.1, 0.15) is 36.1 Å². The molecule has 3 aromatic rings. The Kier molecular flexibility index (Phi) is 6.38. The quantitative estimate of drug-likeness (QED) is 0.474. The molecule has 1 aliphatic carbocycles. The Bertz CT molecular complexity index is 1340. The lowest BCUT2D eigenvalue weighted by molar-refractivity contribution is -0.145. The van der Waals surface area contributed by atoms with E-state index in [1.165, 1.54) is 0 Å². The number of aromatic amines is 1. The number of H-pyrrole nitrogens is 1. The van der Waals surface area contributed by atoms with E-state index in [4.69, 9.17) is 22.1 Å². The number of nitrogens with zero attached hydrogens (tertiary/aromatic N) is 1. The van der Waals surface area contributed by atoms with Crippen molar-refractivity contribution in [2.75, 3.05) is 13.7 Å². The zero-order valence-corrected chi connectivity index (χ0v) is 20.9. The number of aryl methyl sites for hydroxylation is 1. The molecule has 1 fully saturated rings. The first-order chi connectivity index (χ1) is 17.3. The maximum absolute atomic E-state index is 14.1. The summed E-state index contributed by atoms with van der Waals surface area (Å²) in [7, 11) is 1.62. The molecule has 5 rings (SSSR count). The largest absolute Gasteiger partial charge is 0.495 e. The molecule has 9 heteroatoms. The van der Waals surface area contributed by atoms with Crippen LogP contribution in [0.25, 0.3) is 10.9 Å². The molecule has 0 radical (unpaired) electrons. The predicted octanol–water partition coefficient (Wildman–Crippen LogP) is 2.89. The lowest BCUT2D eigenvalue weighted by Gasteiger charge is -2.40. The fourth-order valence-electron chi connectivity index (χ4n) is 5.64. The number of fused-ring (bicyclic) bond motifs is 3. The van der Waals surface area contributed by atoms with Crippen LogP contribution in [-0.2, 0) is 33.6 Å². The Morgan fingerprint density at radius 2 is 2.00 bits per heavy atom. The minimum Gasteiger partial charge on any atom is -0.495 e.